The highest BCUT2D eigenvalue weighted by Gasteiger charge is 2.36. The Kier molecular flexibility index (Phi) is 5.36. The second-order valence-electron chi connectivity index (χ2n) is 5.61. The van der Waals surface area contributed by atoms with Gasteiger partial charge in [-0.1, -0.05) is 42.2 Å². The standard InChI is InChI=1S/C17H10F3NO4S3/c18-17(19,20)11-2-1-3-12(9-11)21-15(22)14(27-16(21)26)8-10-4-6-13(7-5-10)28(23,24)25/h1-9H,(H,23,24,25)/b14-8-. The first-order valence-electron chi connectivity index (χ1n) is 7.49. The highest BCUT2D eigenvalue weighted by atomic mass is 32.2. The van der Waals surface area contributed by atoms with E-state index < -0.39 is 27.8 Å². The topological polar surface area (TPSA) is 74.7 Å². The van der Waals surface area contributed by atoms with Gasteiger partial charge in [0.15, 0.2) is 4.32 Å². The van der Waals surface area contributed by atoms with Crippen molar-refractivity contribution in [2.75, 3.05) is 4.90 Å². The quantitative estimate of drug-likeness (QED) is 0.430. The number of alkyl halides is 3. The molecule has 0 saturated carbocycles. The van der Waals surface area contributed by atoms with Gasteiger partial charge in [0.05, 0.1) is 21.1 Å². The minimum Gasteiger partial charge on any atom is -0.282 e. The molecule has 0 spiro atoms. The van der Waals surface area contributed by atoms with Gasteiger partial charge in [-0.05, 0) is 42.0 Å². The molecule has 2 aromatic carbocycles. The van der Waals surface area contributed by atoms with E-state index >= 15 is 0 Å². The van der Waals surface area contributed by atoms with Crippen LogP contribution in [-0.4, -0.2) is 23.2 Å². The summed E-state index contributed by atoms with van der Waals surface area (Å²) in [4.78, 5) is 13.5. The Labute approximate surface area is 167 Å². The first-order valence-corrected chi connectivity index (χ1v) is 10.2. The van der Waals surface area contributed by atoms with Crippen LogP contribution in [0.25, 0.3) is 6.08 Å². The molecule has 5 nitrogen and oxygen atoms in total. The summed E-state index contributed by atoms with van der Waals surface area (Å²) in [6, 6.07) is 9.35. The van der Waals surface area contributed by atoms with Crippen molar-refractivity contribution in [1.29, 1.82) is 0 Å². The van der Waals surface area contributed by atoms with Crippen molar-refractivity contribution < 1.29 is 30.9 Å². The third-order valence-corrected chi connectivity index (χ3v) is 5.87. The fourth-order valence-electron chi connectivity index (χ4n) is 2.40. The molecule has 0 radical (unpaired) electrons. The number of benzene rings is 2. The van der Waals surface area contributed by atoms with Gasteiger partial charge < -0.3 is 0 Å². The van der Waals surface area contributed by atoms with E-state index in [1.165, 1.54) is 30.3 Å². The molecular formula is C17H10F3NO4S3. The van der Waals surface area contributed by atoms with Gasteiger partial charge in [0, 0.05) is 0 Å². The first-order chi connectivity index (χ1) is 13.0. The van der Waals surface area contributed by atoms with Crippen molar-refractivity contribution in [2.24, 2.45) is 0 Å². The van der Waals surface area contributed by atoms with Crippen LogP contribution >= 0.6 is 24.0 Å². The average Bonchev–Trinajstić information content (AvgIpc) is 2.87. The molecule has 0 aromatic heterocycles. The minimum absolute atomic E-state index is 0.00227. The summed E-state index contributed by atoms with van der Waals surface area (Å²) in [6.45, 7) is 0. The zero-order valence-electron chi connectivity index (χ0n) is 13.7. The highest BCUT2D eigenvalue weighted by Crippen LogP contribution is 2.38. The number of anilines is 1. The number of thioether (sulfide) groups is 1. The SMILES string of the molecule is O=C1/C(=C/c2ccc(S(=O)(=O)O)cc2)SC(=S)N1c1cccc(C(F)(F)F)c1. The molecule has 28 heavy (non-hydrogen) atoms. The van der Waals surface area contributed by atoms with Crippen molar-refractivity contribution in [3.8, 4) is 0 Å². The van der Waals surface area contributed by atoms with Gasteiger partial charge in [-0.2, -0.15) is 21.6 Å². The van der Waals surface area contributed by atoms with Crippen molar-refractivity contribution in [3.63, 3.8) is 0 Å². The van der Waals surface area contributed by atoms with E-state index in [1.54, 1.807) is 0 Å². The molecule has 1 amide bonds. The number of carbonyl (C=O) groups excluding carboxylic acids is 1. The van der Waals surface area contributed by atoms with Crippen LogP contribution in [0.15, 0.2) is 58.3 Å². The van der Waals surface area contributed by atoms with Crippen LogP contribution in [-0.2, 0) is 21.1 Å². The van der Waals surface area contributed by atoms with Crippen LogP contribution in [0.3, 0.4) is 0 Å². The Bertz CT molecular complexity index is 1090. The van der Waals surface area contributed by atoms with Gasteiger partial charge >= 0.3 is 6.18 Å². The fraction of sp³-hybridized carbons (Fsp3) is 0.0588. The van der Waals surface area contributed by atoms with Crippen LogP contribution in [0.2, 0.25) is 0 Å². The molecule has 1 aliphatic heterocycles. The second-order valence-corrected chi connectivity index (χ2v) is 8.71. The van der Waals surface area contributed by atoms with Crippen LogP contribution < -0.4 is 4.90 Å². The maximum atomic E-state index is 12.9. The molecule has 1 fully saturated rings. The third kappa shape index (κ3) is 4.27. The number of carbonyl (C=O) groups is 1. The average molecular weight is 445 g/mol. The van der Waals surface area contributed by atoms with Crippen LogP contribution in [0.1, 0.15) is 11.1 Å². The van der Waals surface area contributed by atoms with Crippen LogP contribution in [0.4, 0.5) is 18.9 Å². The molecule has 1 aliphatic rings. The molecule has 11 heteroatoms. The van der Waals surface area contributed by atoms with Crippen molar-refractivity contribution in [3.05, 3.63) is 64.6 Å². The molecule has 1 saturated heterocycles. The molecule has 0 aliphatic carbocycles. The molecule has 2 aromatic rings. The number of nitrogens with zero attached hydrogens (tertiary/aromatic N) is 1. The molecule has 0 atom stereocenters. The van der Waals surface area contributed by atoms with E-state index in [0.29, 0.717) is 5.56 Å². The van der Waals surface area contributed by atoms with Gasteiger partial charge in [0.1, 0.15) is 0 Å². The lowest BCUT2D eigenvalue weighted by atomic mass is 10.1. The zero-order valence-corrected chi connectivity index (χ0v) is 16.1. The van der Waals surface area contributed by atoms with Crippen LogP contribution in [0, 0.1) is 0 Å². The van der Waals surface area contributed by atoms with Gasteiger partial charge in [-0.25, -0.2) is 0 Å². The Morgan fingerprint density at radius 3 is 2.32 bits per heavy atom. The van der Waals surface area contributed by atoms with Crippen molar-refractivity contribution in [1.82, 2.24) is 0 Å². The van der Waals surface area contributed by atoms with E-state index in [4.69, 9.17) is 16.8 Å². The molecule has 146 valence electrons. The maximum absolute atomic E-state index is 12.9. The molecular weight excluding hydrogens is 435 g/mol. The van der Waals surface area contributed by atoms with Gasteiger partial charge in [-0.15, -0.1) is 0 Å². The molecule has 0 bridgehead atoms. The van der Waals surface area contributed by atoms with Gasteiger partial charge in [0.25, 0.3) is 16.0 Å². The predicted octanol–water partition coefficient (Wildman–Crippen LogP) is 4.36. The number of hydrogen-bond donors (Lipinski definition) is 1. The van der Waals surface area contributed by atoms with E-state index in [-0.39, 0.29) is 19.8 Å². The summed E-state index contributed by atoms with van der Waals surface area (Å²) in [5.41, 5.74) is -0.441. The predicted molar refractivity (Wildman–Crippen MR) is 103 cm³/mol. The van der Waals surface area contributed by atoms with Crippen molar-refractivity contribution in [2.45, 2.75) is 11.1 Å². The summed E-state index contributed by atoms with van der Waals surface area (Å²) in [6.07, 6.45) is -3.12. The smallest absolute Gasteiger partial charge is 0.282 e. The first kappa shape index (κ1) is 20.5. The van der Waals surface area contributed by atoms with E-state index in [1.807, 2.05) is 0 Å². The number of rotatable bonds is 3. The Morgan fingerprint density at radius 2 is 1.75 bits per heavy atom. The fourth-order valence-corrected chi connectivity index (χ4v) is 4.18. The number of thiocarbonyl (C=S) groups is 1. The summed E-state index contributed by atoms with van der Waals surface area (Å²) >= 11 is 6.05. The zero-order chi connectivity index (χ0) is 20.7. The highest BCUT2D eigenvalue weighted by molar-refractivity contribution is 8.27. The molecule has 0 unspecified atom stereocenters. The summed E-state index contributed by atoms with van der Waals surface area (Å²) in [7, 11) is -4.34. The second kappa shape index (κ2) is 7.32. The van der Waals surface area contributed by atoms with E-state index in [2.05, 4.69) is 0 Å². The summed E-state index contributed by atoms with van der Waals surface area (Å²) < 4.78 is 69.9. The number of hydrogen-bond acceptors (Lipinski definition) is 5. The largest absolute Gasteiger partial charge is 0.416 e. The van der Waals surface area contributed by atoms with Crippen molar-refractivity contribution >= 4 is 56.1 Å². The summed E-state index contributed by atoms with van der Waals surface area (Å²) in [5.74, 6) is -0.590. The lowest BCUT2D eigenvalue weighted by Crippen LogP contribution is -2.27. The minimum atomic E-state index is -4.55. The molecule has 3 rings (SSSR count). The maximum Gasteiger partial charge on any atom is 0.416 e. The Balaban J connectivity index is 1.91. The van der Waals surface area contributed by atoms with E-state index in [0.717, 1.165) is 40.9 Å². The third-order valence-electron chi connectivity index (χ3n) is 3.70. The normalized spacial score (nSPS) is 16.9. The molecule has 1 heterocycles. The Morgan fingerprint density at radius 1 is 1.11 bits per heavy atom. The number of halogens is 3. The van der Waals surface area contributed by atoms with E-state index in [9.17, 15) is 26.4 Å². The molecule has 1 N–H and O–H groups in total. The van der Waals surface area contributed by atoms with Gasteiger partial charge in [0.2, 0.25) is 0 Å². The summed E-state index contributed by atoms with van der Waals surface area (Å²) in [5, 5.41) is 0. The van der Waals surface area contributed by atoms with Crippen LogP contribution in [0.5, 0.6) is 0 Å². The monoisotopic (exact) mass is 445 g/mol. The van der Waals surface area contributed by atoms with Gasteiger partial charge in [-0.3, -0.25) is 14.2 Å². The Hall–Kier alpha value is -2.21. The number of amides is 1. The lowest BCUT2D eigenvalue weighted by molar-refractivity contribution is -0.137. The lowest BCUT2D eigenvalue weighted by Gasteiger charge is -2.16.